The minimum absolute atomic E-state index is 0.0199. The molecule has 28 heavy (non-hydrogen) atoms. The first kappa shape index (κ1) is 20.4. The van der Waals surface area contributed by atoms with Crippen molar-refractivity contribution in [2.24, 2.45) is 0 Å². The maximum atomic E-state index is 12.5. The summed E-state index contributed by atoms with van der Waals surface area (Å²) < 4.78 is 32.5. The second-order valence-electron chi connectivity index (χ2n) is 6.08. The minimum Gasteiger partial charge on any atom is -0.467 e. The Kier molecular flexibility index (Phi) is 6.36. The normalized spacial score (nSPS) is 14.7. The van der Waals surface area contributed by atoms with Crippen molar-refractivity contribution in [3.8, 4) is 6.01 Å². The van der Waals surface area contributed by atoms with Crippen LogP contribution in [-0.2, 0) is 21.4 Å². The molecule has 1 saturated heterocycles. The molecular formula is C15H21N7O4S2. The number of sulfonamides is 1. The number of thiazole rings is 1. The van der Waals surface area contributed by atoms with Gasteiger partial charge in [0.1, 0.15) is 0 Å². The van der Waals surface area contributed by atoms with Crippen LogP contribution in [0.3, 0.4) is 0 Å². The Hall–Kier alpha value is -2.38. The van der Waals surface area contributed by atoms with Crippen LogP contribution >= 0.6 is 11.3 Å². The number of rotatable bonds is 7. The molecule has 3 heterocycles. The van der Waals surface area contributed by atoms with Crippen molar-refractivity contribution in [3.63, 3.8) is 0 Å². The van der Waals surface area contributed by atoms with Crippen molar-refractivity contribution in [3.05, 3.63) is 12.0 Å². The number of anilines is 2. The summed E-state index contributed by atoms with van der Waals surface area (Å²) in [6.07, 6.45) is 4.46. The number of hydrogen-bond donors (Lipinski definition) is 2. The van der Waals surface area contributed by atoms with Crippen LogP contribution in [0.15, 0.2) is 10.4 Å². The van der Waals surface area contributed by atoms with E-state index in [1.807, 2.05) is 4.90 Å². The summed E-state index contributed by atoms with van der Waals surface area (Å²) in [5.74, 6) is 0.405. The Bertz CT molecular complexity index is 942. The minimum atomic E-state index is -3.83. The first-order chi connectivity index (χ1) is 13.4. The van der Waals surface area contributed by atoms with Gasteiger partial charge in [-0.25, -0.2) is 18.1 Å². The molecule has 13 heteroatoms. The average molecular weight is 428 g/mol. The lowest BCUT2D eigenvalue weighted by Crippen LogP contribution is -2.32. The standard InChI is InChI=1S/C15H21N7O4S2/c1-10(23)18-15-16-9-12(27-15)28(24,25)17-8-11-19-13(21-14(20-11)26-2)22-6-4-3-5-7-22/h9,17H,3-8H2,1-2H3,(H,16,18,23). The molecule has 1 aliphatic heterocycles. The van der Waals surface area contributed by atoms with E-state index in [1.54, 1.807) is 0 Å². The summed E-state index contributed by atoms with van der Waals surface area (Å²) >= 11 is 0.857. The first-order valence-corrected chi connectivity index (χ1v) is 10.9. The maximum Gasteiger partial charge on any atom is 0.321 e. The molecule has 2 aromatic rings. The van der Waals surface area contributed by atoms with Gasteiger partial charge in [0.05, 0.1) is 19.9 Å². The van der Waals surface area contributed by atoms with Gasteiger partial charge >= 0.3 is 6.01 Å². The monoisotopic (exact) mass is 427 g/mol. The molecule has 0 saturated carbocycles. The van der Waals surface area contributed by atoms with Crippen molar-refractivity contribution < 1.29 is 17.9 Å². The van der Waals surface area contributed by atoms with Gasteiger partial charge in [0.15, 0.2) is 15.2 Å². The number of hydrogen-bond acceptors (Lipinski definition) is 10. The molecular weight excluding hydrogens is 406 g/mol. The Morgan fingerprint density at radius 1 is 1.25 bits per heavy atom. The van der Waals surface area contributed by atoms with Gasteiger partial charge in [-0.2, -0.15) is 15.0 Å². The first-order valence-electron chi connectivity index (χ1n) is 8.64. The van der Waals surface area contributed by atoms with E-state index in [0.29, 0.717) is 5.95 Å². The van der Waals surface area contributed by atoms with Crippen molar-refractivity contribution in [1.29, 1.82) is 0 Å². The fourth-order valence-electron chi connectivity index (χ4n) is 2.61. The van der Waals surface area contributed by atoms with Gasteiger partial charge < -0.3 is 15.0 Å². The number of methoxy groups -OCH3 is 1. The molecule has 0 atom stereocenters. The van der Waals surface area contributed by atoms with Crippen LogP contribution in [-0.4, -0.2) is 54.5 Å². The van der Waals surface area contributed by atoms with Gasteiger partial charge in [-0.15, -0.1) is 0 Å². The van der Waals surface area contributed by atoms with E-state index in [1.165, 1.54) is 26.7 Å². The molecule has 152 valence electrons. The molecule has 0 aromatic carbocycles. The smallest absolute Gasteiger partial charge is 0.321 e. The van der Waals surface area contributed by atoms with Crippen molar-refractivity contribution >= 4 is 38.3 Å². The van der Waals surface area contributed by atoms with Crippen molar-refractivity contribution in [2.45, 2.75) is 36.9 Å². The molecule has 0 radical (unpaired) electrons. The fourth-order valence-corrected chi connectivity index (χ4v) is 4.72. The van der Waals surface area contributed by atoms with E-state index in [2.05, 4.69) is 30.0 Å². The molecule has 2 N–H and O–H groups in total. The average Bonchev–Trinajstić information content (AvgIpc) is 3.15. The Balaban J connectivity index is 1.73. The highest BCUT2D eigenvalue weighted by molar-refractivity contribution is 7.91. The second-order valence-corrected chi connectivity index (χ2v) is 9.10. The van der Waals surface area contributed by atoms with E-state index >= 15 is 0 Å². The molecule has 2 aromatic heterocycles. The zero-order valence-corrected chi connectivity index (χ0v) is 17.1. The molecule has 1 aliphatic rings. The van der Waals surface area contributed by atoms with Crippen LogP contribution in [0, 0.1) is 0 Å². The maximum absolute atomic E-state index is 12.5. The molecule has 1 fully saturated rings. The summed E-state index contributed by atoms with van der Waals surface area (Å²) in [6.45, 7) is 2.87. The predicted octanol–water partition coefficient (Wildman–Crippen LogP) is 0.764. The van der Waals surface area contributed by atoms with Crippen LogP contribution in [0.4, 0.5) is 11.1 Å². The predicted molar refractivity (Wildman–Crippen MR) is 103 cm³/mol. The number of nitrogens with one attached hydrogen (secondary N) is 2. The Morgan fingerprint density at radius 3 is 2.68 bits per heavy atom. The number of ether oxygens (including phenoxy) is 1. The summed E-state index contributed by atoms with van der Waals surface area (Å²) in [7, 11) is -2.38. The largest absolute Gasteiger partial charge is 0.467 e. The number of piperidine rings is 1. The van der Waals surface area contributed by atoms with Crippen molar-refractivity contribution in [1.82, 2.24) is 24.7 Å². The van der Waals surface area contributed by atoms with Gasteiger partial charge in [0, 0.05) is 20.0 Å². The van der Waals surface area contributed by atoms with E-state index in [-0.39, 0.29) is 33.6 Å². The highest BCUT2D eigenvalue weighted by Crippen LogP contribution is 2.23. The fraction of sp³-hybridized carbons (Fsp3) is 0.533. The van der Waals surface area contributed by atoms with E-state index < -0.39 is 10.0 Å². The van der Waals surface area contributed by atoms with Gasteiger partial charge in [0.25, 0.3) is 10.0 Å². The summed E-state index contributed by atoms with van der Waals surface area (Å²) in [4.78, 5) is 29.7. The van der Waals surface area contributed by atoms with Crippen LogP contribution in [0.25, 0.3) is 0 Å². The quantitative estimate of drug-likeness (QED) is 0.655. The molecule has 11 nitrogen and oxygen atoms in total. The molecule has 0 unspecified atom stereocenters. The third-order valence-corrected chi connectivity index (χ3v) is 6.70. The lowest BCUT2D eigenvalue weighted by atomic mass is 10.1. The molecule has 3 rings (SSSR count). The molecule has 0 spiro atoms. The third-order valence-electron chi connectivity index (χ3n) is 3.92. The number of aromatic nitrogens is 4. The zero-order chi connectivity index (χ0) is 20.1. The van der Waals surface area contributed by atoms with Crippen LogP contribution < -0.4 is 19.7 Å². The van der Waals surface area contributed by atoms with E-state index in [0.717, 1.165) is 37.3 Å². The molecule has 0 bridgehead atoms. The highest BCUT2D eigenvalue weighted by atomic mass is 32.2. The van der Waals surface area contributed by atoms with Crippen LogP contribution in [0.5, 0.6) is 6.01 Å². The number of nitrogens with zero attached hydrogens (tertiary/aromatic N) is 5. The SMILES string of the molecule is COc1nc(CNS(=O)(=O)c2cnc(NC(C)=O)s2)nc(N2CCCCC2)n1. The van der Waals surface area contributed by atoms with Gasteiger partial charge in [-0.1, -0.05) is 11.3 Å². The highest BCUT2D eigenvalue weighted by Gasteiger charge is 2.21. The van der Waals surface area contributed by atoms with Crippen LogP contribution in [0.2, 0.25) is 0 Å². The van der Waals surface area contributed by atoms with Crippen molar-refractivity contribution in [2.75, 3.05) is 30.4 Å². The van der Waals surface area contributed by atoms with Crippen LogP contribution in [0.1, 0.15) is 32.0 Å². The number of amides is 1. The van der Waals surface area contributed by atoms with Gasteiger partial charge in [0.2, 0.25) is 11.9 Å². The second kappa shape index (κ2) is 8.75. The molecule has 1 amide bonds. The topological polar surface area (TPSA) is 139 Å². The van der Waals surface area contributed by atoms with E-state index in [9.17, 15) is 13.2 Å². The third kappa shape index (κ3) is 5.11. The Morgan fingerprint density at radius 2 is 2.00 bits per heavy atom. The van der Waals surface area contributed by atoms with E-state index in [4.69, 9.17) is 4.74 Å². The van der Waals surface area contributed by atoms with Gasteiger partial charge in [-0.05, 0) is 19.3 Å². The zero-order valence-electron chi connectivity index (χ0n) is 15.5. The lowest BCUT2D eigenvalue weighted by molar-refractivity contribution is -0.114. The Labute approximate surface area is 166 Å². The number of carbonyl (C=O) groups excluding carboxylic acids is 1. The van der Waals surface area contributed by atoms with Gasteiger partial charge in [-0.3, -0.25) is 4.79 Å². The number of carbonyl (C=O) groups is 1. The summed E-state index contributed by atoms with van der Waals surface area (Å²) in [5, 5.41) is 2.66. The summed E-state index contributed by atoms with van der Waals surface area (Å²) in [6, 6.07) is 0.135. The molecule has 0 aliphatic carbocycles. The summed E-state index contributed by atoms with van der Waals surface area (Å²) in [5.41, 5.74) is 0. The lowest BCUT2D eigenvalue weighted by Gasteiger charge is -2.26.